The van der Waals surface area contributed by atoms with Crippen molar-refractivity contribution in [1.82, 2.24) is 4.98 Å². The second-order valence-electron chi connectivity index (χ2n) is 5.95. The number of nitrogens with zero attached hydrogens (tertiary/aromatic N) is 1. The third-order valence-corrected chi connectivity index (χ3v) is 3.15. The van der Waals surface area contributed by atoms with Crippen LogP contribution in [0.4, 0.5) is 5.69 Å². The molecule has 1 aromatic heterocycles. The summed E-state index contributed by atoms with van der Waals surface area (Å²) in [5.41, 5.74) is 7.72. The minimum absolute atomic E-state index is 0.0891. The van der Waals surface area contributed by atoms with Crippen molar-refractivity contribution in [1.29, 1.82) is 0 Å². The molecule has 5 heteroatoms. The number of anilines is 1. The molecule has 1 heterocycles. The monoisotopic (exact) mass is 287 g/mol. The van der Waals surface area contributed by atoms with Gasteiger partial charge in [0.2, 0.25) is 0 Å². The summed E-state index contributed by atoms with van der Waals surface area (Å²) in [7, 11) is 0. The Kier molecular flexibility index (Phi) is 4.43. The fraction of sp³-hybridized carbons (Fsp3) is 0.375. The van der Waals surface area contributed by atoms with Crippen molar-refractivity contribution in [3.8, 4) is 0 Å². The van der Waals surface area contributed by atoms with Gasteiger partial charge in [-0.05, 0) is 23.1 Å². The standard InChI is InChI=1S/C16H21N3O2/c1-16(2,3)11-4-6-12(7-5-11)18-15(20)13-10-21-14(19-13)8-9-17/h4-7,10H,8-9,17H2,1-3H3,(H,18,20). The van der Waals surface area contributed by atoms with E-state index in [0.29, 0.717) is 18.9 Å². The maximum Gasteiger partial charge on any atom is 0.277 e. The van der Waals surface area contributed by atoms with Gasteiger partial charge in [-0.25, -0.2) is 4.98 Å². The highest BCUT2D eigenvalue weighted by molar-refractivity contribution is 6.02. The van der Waals surface area contributed by atoms with Crippen LogP contribution >= 0.6 is 0 Å². The fourth-order valence-electron chi connectivity index (χ4n) is 1.90. The summed E-state index contributed by atoms with van der Waals surface area (Å²) in [4.78, 5) is 16.1. The number of oxazole rings is 1. The van der Waals surface area contributed by atoms with Gasteiger partial charge in [-0.15, -0.1) is 0 Å². The second-order valence-corrected chi connectivity index (χ2v) is 5.95. The highest BCUT2D eigenvalue weighted by Crippen LogP contribution is 2.23. The lowest BCUT2D eigenvalue weighted by molar-refractivity contribution is 0.102. The van der Waals surface area contributed by atoms with Crippen molar-refractivity contribution in [2.45, 2.75) is 32.6 Å². The van der Waals surface area contributed by atoms with Gasteiger partial charge < -0.3 is 15.5 Å². The number of hydrogen-bond donors (Lipinski definition) is 2. The average molecular weight is 287 g/mol. The first-order chi connectivity index (χ1) is 9.90. The minimum Gasteiger partial charge on any atom is -0.448 e. The molecule has 0 saturated carbocycles. The van der Waals surface area contributed by atoms with Gasteiger partial charge in [-0.2, -0.15) is 0 Å². The maximum absolute atomic E-state index is 12.0. The highest BCUT2D eigenvalue weighted by Gasteiger charge is 2.15. The third-order valence-electron chi connectivity index (χ3n) is 3.15. The Morgan fingerprint density at radius 1 is 1.29 bits per heavy atom. The van der Waals surface area contributed by atoms with Crippen molar-refractivity contribution in [3.63, 3.8) is 0 Å². The van der Waals surface area contributed by atoms with Gasteiger partial charge in [-0.3, -0.25) is 4.79 Å². The molecule has 0 spiro atoms. The van der Waals surface area contributed by atoms with Crippen LogP contribution in [0.5, 0.6) is 0 Å². The SMILES string of the molecule is CC(C)(C)c1ccc(NC(=O)c2coc(CCN)n2)cc1. The van der Waals surface area contributed by atoms with Gasteiger partial charge >= 0.3 is 0 Å². The average Bonchev–Trinajstić information content (AvgIpc) is 2.87. The first kappa shape index (κ1) is 15.3. The predicted molar refractivity (Wildman–Crippen MR) is 82.4 cm³/mol. The zero-order valence-corrected chi connectivity index (χ0v) is 12.6. The molecule has 0 saturated heterocycles. The van der Waals surface area contributed by atoms with E-state index in [-0.39, 0.29) is 17.0 Å². The van der Waals surface area contributed by atoms with Crippen LogP contribution in [0.15, 0.2) is 34.9 Å². The number of nitrogens with two attached hydrogens (primary N) is 1. The molecule has 0 unspecified atom stereocenters. The first-order valence-electron chi connectivity index (χ1n) is 6.96. The van der Waals surface area contributed by atoms with E-state index in [4.69, 9.17) is 10.2 Å². The van der Waals surface area contributed by atoms with Crippen LogP contribution in [0, 0.1) is 0 Å². The molecule has 0 atom stereocenters. The number of benzene rings is 1. The minimum atomic E-state index is -0.287. The van der Waals surface area contributed by atoms with Crippen LogP contribution in [-0.4, -0.2) is 17.4 Å². The molecule has 112 valence electrons. The van der Waals surface area contributed by atoms with E-state index in [1.54, 1.807) is 0 Å². The molecule has 0 fully saturated rings. The van der Waals surface area contributed by atoms with Crippen LogP contribution in [0.3, 0.4) is 0 Å². The molecular weight excluding hydrogens is 266 g/mol. The van der Waals surface area contributed by atoms with Crippen molar-refractivity contribution in [2.75, 3.05) is 11.9 Å². The summed E-state index contributed by atoms with van der Waals surface area (Å²) in [6.45, 7) is 6.88. The fourth-order valence-corrected chi connectivity index (χ4v) is 1.90. The van der Waals surface area contributed by atoms with E-state index in [2.05, 4.69) is 31.1 Å². The molecule has 0 aliphatic heterocycles. The zero-order valence-electron chi connectivity index (χ0n) is 12.6. The molecule has 0 radical (unpaired) electrons. The maximum atomic E-state index is 12.0. The van der Waals surface area contributed by atoms with Crippen LogP contribution in [0.2, 0.25) is 0 Å². The molecule has 0 aliphatic rings. The van der Waals surface area contributed by atoms with E-state index < -0.39 is 0 Å². The number of rotatable bonds is 4. The highest BCUT2D eigenvalue weighted by atomic mass is 16.3. The number of amides is 1. The molecular formula is C16H21N3O2. The third kappa shape index (κ3) is 3.92. The van der Waals surface area contributed by atoms with Gasteiger partial charge in [0, 0.05) is 18.7 Å². The quantitative estimate of drug-likeness (QED) is 0.906. The summed E-state index contributed by atoms with van der Waals surface area (Å²) in [6.07, 6.45) is 1.87. The van der Waals surface area contributed by atoms with Crippen molar-refractivity contribution < 1.29 is 9.21 Å². The Morgan fingerprint density at radius 2 is 1.95 bits per heavy atom. The number of carbonyl (C=O) groups excluding carboxylic acids is 1. The Labute approximate surface area is 124 Å². The number of hydrogen-bond acceptors (Lipinski definition) is 4. The number of carbonyl (C=O) groups is 1. The van der Waals surface area contributed by atoms with Crippen molar-refractivity contribution >= 4 is 11.6 Å². The molecule has 5 nitrogen and oxygen atoms in total. The topological polar surface area (TPSA) is 81.2 Å². The molecule has 0 aliphatic carbocycles. The molecule has 1 aromatic carbocycles. The second kappa shape index (κ2) is 6.10. The number of nitrogens with one attached hydrogen (secondary N) is 1. The smallest absolute Gasteiger partial charge is 0.277 e. The van der Waals surface area contributed by atoms with E-state index in [1.165, 1.54) is 11.8 Å². The van der Waals surface area contributed by atoms with Gasteiger partial charge in [0.15, 0.2) is 11.6 Å². The van der Waals surface area contributed by atoms with Gasteiger partial charge in [0.05, 0.1) is 0 Å². The Bertz CT molecular complexity index is 609. The lowest BCUT2D eigenvalue weighted by Crippen LogP contribution is -2.14. The van der Waals surface area contributed by atoms with Gasteiger partial charge in [-0.1, -0.05) is 32.9 Å². The zero-order chi connectivity index (χ0) is 15.5. The largest absolute Gasteiger partial charge is 0.448 e. The van der Waals surface area contributed by atoms with Crippen LogP contribution in [0.25, 0.3) is 0 Å². The predicted octanol–water partition coefficient (Wildman–Crippen LogP) is 2.73. The Balaban J connectivity index is 2.05. The van der Waals surface area contributed by atoms with E-state index in [0.717, 1.165) is 5.69 Å². The summed E-state index contributed by atoms with van der Waals surface area (Å²) >= 11 is 0. The number of aromatic nitrogens is 1. The Morgan fingerprint density at radius 3 is 2.52 bits per heavy atom. The summed E-state index contributed by atoms with van der Waals surface area (Å²) in [6, 6.07) is 7.80. The summed E-state index contributed by atoms with van der Waals surface area (Å²) < 4.78 is 5.18. The summed E-state index contributed by atoms with van der Waals surface area (Å²) in [5, 5.41) is 2.80. The Hall–Kier alpha value is -2.14. The molecule has 0 bridgehead atoms. The molecule has 1 amide bonds. The normalized spacial score (nSPS) is 11.4. The van der Waals surface area contributed by atoms with E-state index >= 15 is 0 Å². The molecule has 2 rings (SSSR count). The lowest BCUT2D eigenvalue weighted by Gasteiger charge is -2.19. The van der Waals surface area contributed by atoms with Crippen LogP contribution < -0.4 is 11.1 Å². The molecule has 21 heavy (non-hydrogen) atoms. The van der Waals surface area contributed by atoms with E-state index in [1.807, 2.05) is 24.3 Å². The van der Waals surface area contributed by atoms with Crippen molar-refractivity contribution in [3.05, 3.63) is 47.7 Å². The summed E-state index contributed by atoms with van der Waals surface area (Å²) in [5.74, 6) is 0.191. The van der Waals surface area contributed by atoms with Crippen LogP contribution in [0.1, 0.15) is 42.7 Å². The lowest BCUT2D eigenvalue weighted by atomic mass is 9.87. The first-order valence-corrected chi connectivity index (χ1v) is 6.96. The van der Waals surface area contributed by atoms with E-state index in [9.17, 15) is 4.79 Å². The molecule has 2 aromatic rings. The molecule has 3 N–H and O–H groups in total. The van der Waals surface area contributed by atoms with Crippen molar-refractivity contribution in [2.24, 2.45) is 5.73 Å². The van der Waals surface area contributed by atoms with Gasteiger partial charge in [0.25, 0.3) is 5.91 Å². The van der Waals surface area contributed by atoms with Crippen LogP contribution in [-0.2, 0) is 11.8 Å². The van der Waals surface area contributed by atoms with Gasteiger partial charge in [0.1, 0.15) is 6.26 Å².